The lowest BCUT2D eigenvalue weighted by Crippen LogP contribution is -2.38. The number of sulfonamides is 2. The summed E-state index contributed by atoms with van der Waals surface area (Å²) in [6, 6.07) is 13.8. The fourth-order valence-corrected chi connectivity index (χ4v) is 6.64. The largest absolute Gasteiger partial charge is 0.495 e. The van der Waals surface area contributed by atoms with Gasteiger partial charge in [-0.05, 0) is 36.6 Å². The van der Waals surface area contributed by atoms with Crippen LogP contribution >= 0.6 is 0 Å². The smallest absolute Gasteiger partial charge is 0.247 e. The molecule has 1 saturated heterocycles. The van der Waals surface area contributed by atoms with Gasteiger partial charge in [-0.25, -0.2) is 16.8 Å². The van der Waals surface area contributed by atoms with Crippen LogP contribution in [0.1, 0.15) is 25.3 Å². The Bertz CT molecular complexity index is 1050. The van der Waals surface area contributed by atoms with E-state index < -0.39 is 20.0 Å². The first-order chi connectivity index (χ1) is 13.8. The summed E-state index contributed by atoms with van der Waals surface area (Å²) in [4.78, 5) is -0.0314. The average Bonchev–Trinajstić information content (AvgIpc) is 2.72. The molecule has 0 aliphatic carbocycles. The van der Waals surface area contributed by atoms with Crippen LogP contribution < -0.4 is 9.04 Å². The molecule has 0 unspecified atom stereocenters. The number of hydrogen-bond donors (Lipinski definition) is 0. The van der Waals surface area contributed by atoms with Gasteiger partial charge in [0.15, 0.2) is 0 Å². The van der Waals surface area contributed by atoms with Gasteiger partial charge in [-0.2, -0.15) is 4.31 Å². The molecule has 1 aliphatic heterocycles. The highest BCUT2D eigenvalue weighted by Crippen LogP contribution is 2.33. The van der Waals surface area contributed by atoms with Crippen LogP contribution in [0, 0.1) is 0 Å². The van der Waals surface area contributed by atoms with Gasteiger partial charge in [0.25, 0.3) is 0 Å². The molecule has 0 saturated carbocycles. The Hall–Kier alpha value is -2.10. The van der Waals surface area contributed by atoms with Crippen LogP contribution in [0.5, 0.6) is 5.75 Å². The molecule has 2 aromatic carbocycles. The second-order valence-corrected chi connectivity index (χ2v) is 10.8. The van der Waals surface area contributed by atoms with Crippen LogP contribution in [-0.2, 0) is 26.6 Å². The van der Waals surface area contributed by atoms with Crippen molar-refractivity contribution in [2.75, 3.05) is 30.3 Å². The predicted molar refractivity (Wildman–Crippen MR) is 113 cm³/mol. The zero-order chi connectivity index (χ0) is 21.1. The highest BCUT2D eigenvalue weighted by Gasteiger charge is 2.31. The number of rotatable bonds is 7. The zero-order valence-corrected chi connectivity index (χ0v) is 18.2. The first kappa shape index (κ1) is 21.6. The second-order valence-electron chi connectivity index (χ2n) is 6.85. The minimum absolute atomic E-state index is 0.0314. The summed E-state index contributed by atoms with van der Waals surface area (Å²) in [5.41, 5.74) is 1.21. The number of benzene rings is 2. The maximum absolute atomic E-state index is 13.4. The van der Waals surface area contributed by atoms with Gasteiger partial charge in [0.2, 0.25) is 20.0 Å². The van der Waals surface area contributed by atoms with Gasteiger partial charge in [0.1, 0.15) is 10.6 Å². The van der Waals surface area contributed by atoms with Crippen LogP contribution in [0.15, 0.2) is 53.4 Å². The van der Waals surface area contributed by atoms with E-state index in [1.807, 2.05) is 30.3 Å². The normalized spacial score (nSPS) is 16.7. The highest BCUT2D eigenvalue weighted by molar-refractivity contribution is 7.92. The maximum atomic E-state index is 13.4. The number of hydrogen-bond acceptors (Lipinski definition) is 5. The van der Waals surface area contributed by atoms with E-state index in [0.29, 0.717) is 18.7 Å². The summed E-state index contributed by atoms with van der Waals surface area (Å²) in [5.74, 6) is 0.255. The quantitative estimate of drug-likeness (QED) is 0.664. The van der Waals surface area contributed by atoms with Crippen LogP contribution in [0.4, 0.5) is 5.69 Å². The topological polar surface area (TPSA) is 84.0 Å². The summed E-state index contributed by atoms with van der Waals surface area (Å²) in [7, 11) is -5.95. The molecule has 0 N–H and O–H groups in total. The summed E-state index contributed by atoms with van der Waals surface area (Å²) in [5, 5.41) is 0. The SMILES string of the molecule is CCN(Cc1ccccc1)S(=O)(=O)c1cc(N2CCCCS2(=O)=O)ccc1OC. The molecule has 2 aromatic rings. The van der Waals surface area contributed by atoms with E-state index >= 15 is 0 Å². The van der Waals surface area contributed by atoms with Crippen molar-refractivity contribution in [2.45, 2.75) is 31.2 Å². The van der Waals surface area contributed by atoms with E-state index in [0.717, 1.165) is 12.0 Å². The van der Waals surface area contributed by atoms with E-state index in [9.17, 15) is 16.8 Å². The molecule has 0 bridgehead atoms. The van der Waals surface area contributed by atoms with E-state index in [-0.39, 0.29) is 29.5 Å². The molecule has 9 heteroatoms. The molecule has 7 nitrogen and oxygen atoms in total. The number of nitrogens with zero attached hydrogens (tertiary/aromatic N) is 2. The molecule has 0 amide bonds. The number of anilines is 1. The Labute approximate surface area is 173 Å². The molecule has 158 valence electrons. The van der Waals surface area contributed by atoms with Gasteiger partial charge in [0.05, 0.1) is 18.6 Å². The molecular formula is C20H26N2O5S2. The van der Waals surface area contributed by atoms with Crippen LogP contribution in [0.2, 0.25) is 0 Å². The van der Waals surface area contributed by atoms with Crippen LogP contribution in [0.3, 0.4) is 0 Å². The molecule has 1 heterocycles. The predicted octanol–water partition coefficient (Wildman–Crippen LogP) is 2.84. The van der Waals surface area contributed by atoms with Gasteiger partial charge in [-0.3, -0.25) is 4.31 Å². The lowest BCUT2D eigenvalue weighted by atomic mass is 10.2. The molecule has 29 heavy (non-hydrogen) atoms. The van der Waals surface area contributed by atoms with Crippen molar-refractivity contribution < 1.29 is 21.6 Å². The lowest BCUT2D eigenvalue weighted by molar-refractivity contribution is 0.391. The second kappa shape index (κ2) is 8.73. The van der Waals surface area contributed by atoms with Gasteiger partial charge >= 0.3 is 0 Å². The summed E-state index contributed by atoms with van der Waals surface area (Å²) in [6.07, 6.45) is 1.35. The third-order valence-corrected chi connectivity index (χ3v) is 8.77. The Morgan fingerprint density at radius 1 is 1.10 bits per heavy atom. The van der Waals surface area contributed by atoms with Gasteiger partial charge in [-0.1, -0.05) is 37.3 Å². The van der Waals surface area contributed by atoms with Crippen LogP contribution in [0.25, 0.3) is 0 Å². The molecule has 3 rings (SSSR count). The highest BCUT2D eigenvalue weighted by atomic mass is 32.2. The van der Waals surface area contributed by atoms with Crippen molar-refractivity contribution in [3.8, 4) is 5.75 Å². The van der Waals surface area contributed by atoms with E-state index in [1.165, 1.54) is 27.9 Å². The van der Waals surface area contributed by atoms with Gasteiger partial charge in [-0.15, -0.1) is 0 Å². The van der Waals surface area contributed by atoms with Gasteiger partial charge in [0, 0.05) is 19.6 Å². The minimum Gasteiger partial charge on any atom is -0.495 e. The number of methoxy groups -OCH3 is 1. The van der Waals surface area contributed by atoms with E-state index in [1.54, 1.807) is 13.0 Å². The zero-order valence-electron chi connectivity index (χ0n) is 16.6. The first-order valence-corrected chi connectivity index (χ1v) is 12.6. The third-order valence-electron chi connectivity index (χ3n) is 4.96. The minimum atomic E-state index is -3.90. The molecule has 0 atom stereocenters. The Morgan fingerprint density at radius 3 is 2.45 bits per heavy atom. The molecular weight excluding hydrogens is 412 g/mol. The van der Waals surface area contributed by atoms with Crippen molar-refractivity contribution in [3.05, 3.63) is 54.1 Å². The lowest BCUT2D eigenvalue weighted by Gasteiger charge is -2.29. The fourth-order valence-electron chi connectivity index (χ4n) is 3.39. The van der Waals surface area contributed by atoms with Gasteiger partial charge < -0.3 is 4.74 Å². The number of ether oxygens (including phenoxy) is 1. The monoisotopic (exact) mass is 438 g/mol. The Morgan fingerprint density at radius 2 is 1.83 bits per heavy atom. The fraction of sp³-hybridized carbons (Fsp3) is 0.400. The van der Waals surface area contributed by atoms with E-state index in [2.05, 4.69) is 0 Å². The molecule has 0 spiro atoms. The summed E-state index contributed by atoms with van der Waals surface area (Å²) in [6.45, 7) is 2.60. The standard InChI is InChI=1S/C20H26N2O5S2/c1-3-21(16-17-9-5-4-6-10-17)29(25,26)20-15-18(11-12-19(20)27-2)22-13-7-8-14-28(22,23)24/h4-6,9-12,15H,3,7-8,13-14,16H2,1-2H3. The molecule has 1 aliphatic rings. The molecule has 0 aromatic heterocycles. The summed E-state index contributed by atoms with van der Waals surface area (Å²) >= 11 is 0. The van der Waals surface area contributed by atoms with Crippen LogP contribution in [-0.4, -0.2) is 47.1 Å². The van der Waals surface area contributed by atoms with Crippen molar-refractivity contribution in [3.63, 3.8) is 0 Å². The van der Waals surface area contributed by atoms with Crippen molar-refractivity contribution >= 4 is 25.7 Å². The van der Waals surface area contributed by atoms with Crippen molar-refractivity contribution in [2.24, 2.45) is 0 Å². The van der Waals surface area contributed by atoms with Crippen molar-refractivity contribution in [1.82, 2.24) is 4.31 Å². The Kier molecular flexibility index (Phi) is 6.50. The van der Waals surface area contributed by atoms with Crippen molar-refractivity contribution in [1.29, 1.82) is 0 Å². The summed E-state index contributed by atoms with van der Waals surface area (Å²) < 4.78 is 59.7. The molecule has 1 fully saturated rings. The maximum Gasteiger partial charge on any atom is 0.247 e. The first-order valence-electron chi connectivity index (χ1n) is 9.52. The Balaban J connectivity index is 2.03. The molecule has 0 radical (unpaired) electrons. The average molecular weight is 439 g/mol. The third kappa shape index (κ3) is 4.57. The van der Waals surface area contributed by atoms with E-state index in [4.69, 9.17) is 4.74 Å².